The Balaban J connectivity index is 1.51. The number of nitrogens with one attached hydrogen (secondary N) is 1. The van der Waals surface area contributed by atoms with E-state index >= 15 is 0 Å². The maximum atomic E-state index is 12.6. The number of quaternary nitrogens is 1. The third-order valence-electron chi connectivity index (χ3n) is 5.27. The summed E-state index contributed by atoms with van der Waals surface area (Å²) in [5.74, 6) is 2.05. The summed E-state index contributed by atoms with van der Waals surface area (Å²) in [6.07, 6.45) is 1.94. The van der Waals surface area contributed by atoms with E-state index in [1.165, 1.54) is 10.5 Å². The van der Waals surface area contributed by atoms with Gasteiger partial charge in [0.05, 0.1) is 40.5 Å². The molecule has 2 saturated heterocycles. The number of likely N-dealkylation sites (tertiary alicyclic amines) is 1. The second-order valence-corrected chi connectivity index (χ2v) is 6.83. The Labute approximate surface area is 149 Å². The Kier molecular flexibility index (Phi) is 6.15. The molecule has 1 amide bonds. The first kappa shape index (κ1) is 18.0. The SMILES string of the molecule is COc1ccc(C[NH+]2CCC(C(=O)N3CCOCC3)CC2)cc1OC. The van der Waals surface area contributed by atoms with Crippen LogP contribution in [0.25, 0.3) is 0 Å². The average molecular weight is 349 g/mol. The number of amides is 1. The second-order valence-electron chi connectivity index (χ2n) is 6.83. The van der Waals surface area contributed by atoms with Gasteiger partial charge in [0.25, 0.3) is 0 Å². The molecule has 0 spiro atoms. The van der Waals surface area contributed by atoms with Gasteiger partial charge in [-0.2, -0.15) is 0 Å². The molecule has 25 heavy (non-hydrogen) atoms. The van der Waals surface area contributed by atoms with Crippen LogP contribution in [0.2, 0.25) is 0 Å². The van der Waals surface area contributed by atoms with Crippen molar-refractivity contribution in [2.75, 3.05) is 53.6 Å². The molecule has 2 aliphatic heterocycles. The lowest BCUT2D eigenvalue weighted by Crippen LogP contribution is -3.11. The lowest BCUT2D eigenvalue weighted by Gasteiger charge is -2.34. The summed E-state index contributed by atoms with van der Waals surface area (Å²) < 4.78 is 16.0. The molecule has 3 rings (SSSR count). The van der Waals surface area contributed by atoms with Crippen molar-refractivity contribution in [3.63, 3.8) is 0 Å². The number of carbonyl (C=O) groups excluding carboxylic acids is 1. The highest BCUT2D eigenvalue weighted by molar-refractivity contribution is 5.79. The molecule has 1 N–H and O–H groups in total. The quantitative estimate of drug-likeness (QED) is 0.834. The molecule has 0 aliphatic carbocycles. The Morgan fingerprint density at radius 1 is 1.16 bits per heavy atom. The Morgan fingerprint density at radius 3 is 2.48 bits per heavy atom. The van der Waals surface area contributed by atoms with E-state index in [9.17, 15) is 4.79 Å². The first-order valence-electron chi connectivity index (χ1n) is 9.12. The van der Waals surface area contributed by atoms with Gasteiger partial charge in [-0.05, 0) is 18.2 Å². The summed E-state index contributed by atoms with van der Waals surface area (Å²) in [7, 11) is 3.32. The lowest BCUT2D eigenvalue weighted by molar-refractivity contribution is -0.919. The number of hydrogen-bond donors (Lipinski definition) is 1. The van der Waals surface area contributed by atoms with E-state index in [-0.39, 0.29) is 5.92 Å². The lowest BCUT2D eigenvalue weighted by atomic mass is 9.94. The van der Waals surface area contributed by atoms with E-state index in [0.29, 0.717) is 19.1 Å². The maximum absolute atomic E-state index is 12.6. The summed E-state index contributed by atoms with van der Waals surface area (Å²) in [6.45, 7) is 5.88. The smallest absolute Gasteiger partial charge is 0.226 e. The van der Waals surface area contributed by atoms with Gasteiger partial charge in [-0.25, -0.2) is 0 Å². The maximum Gasteiger partial charge on any atom is 0.226 e. The molecule has 0 atom stereocenters. The van der Waals surface area contributed by atoms with Gasteiger partial charge < -0.3 is 24.0 Å². The van der Waals surface area contributed by atoms with Gasteiger partial charge in [0.2, 0.25) is 5.91 Å². The normalized spacial score (nSPS) is 24.0. The van der Waals surface area contributed by atoms with Crippen molar-refractivity contribution in [3.05, 3.63) is 23.8 Å². The number of rotatable bonds is 5. The van der Waals surface area contributed by atoms with Crippen molar-refractivity contribution in [1.82, 2.24) is 4.90 Å². The minimum absolute atomic E-state index is 0.187. The van der Waals surface area contributed by atoms with E-state index in [0.717, 1.165) is 57.1 Å². The van der Waals surface area contributed by atoms with Crippen LogP contribution in [-0.2, 0) is 16.1 Å². The van der Waals surface area contributed by atoms with E-state index in [1.807, 2.05) is 11.0 Å². The number of ether oxygens (including phenoxy) is 3. The number of morpholine rings is 1. The Hall–Kier alpha value is -1.79. The largest absolute Gasteiger partial charge is 0.493 e. The molecule has 0 bridgehead atoms. The molecule has 0 saturated carbocycles. The fraction of sp³-hybridized carbons (Fsp3) is 0.632. The zero-order valence-corrected chi connectivity index (χ0v) is 15.3. The number of hydrogen-bond acceptors (Lipinski definition) is 4. The summed E-state index contributed by atoms with van der Waals surface area (Å²) in [4.78, 5) is 16.1. The van der Waals surface area contributed by atoms with Crippen molar-refractivity contribution in [2.45, 2.75) is 19.4 Å². The predicted octanol–water partition coefficient (Wildman–Crippen LogP) is 0.358. The van der Waals surface area contributed by atoms with Crippen LogP contribution in [-0.4, -0.2) is 64.4 Å². The van der Waals surface area contributed by atoms with Gasteiger partial charge in [0.15, 0.2) is 11.5 Å². The Bertz CT molecular complexity index is 579. The molecule has 2 aliphatic rings. The van der Waals surface area contributed by atoms with Crippen LogP contribution in [0.3, 0.4) is 0 Å². The zero-order chi connectivity index (χ0) is 17.6. The molecular formula is C19H29N2O4+. The van der Waals surface area contributed by atoms with Crippen LogP contribution in [0, 0.1) is 5.92 Å². The highest BCUT2D eigenvalue weighted by Crippen LogP contribution is 2.27. The summed E-state index contributed by atoms with van der Waals surface area (Å²) >= 11 is 0. The minimum Gasteiger partial charge on any atom is -0.493 e. The summed E-state index contributed by atoms with van der Waals surface area (Å²) in [6, 6.07) is 6.11. The molecule has 0 unspecified atom stereocenters. The fourth-order valence-electron chi connectivity index (χ4n) is 3.77. The van der Waals surface area contributed by atoms with Crippen molar-refractivity contribution >= 4 is 5.91 Å². The standard InChI is InChI=1S/C19H28N2O4/c1-23-17-4-3-15(13-18(17)24-2)14-20-7-5-16(6-8-20)19(22)21-9-11-25-12-10-21/h3-4,13,16H,5-12,14H2,1-2H3/p+1. The Morgan fingerprint density at radius 2 is 1.84 bits per heavy atom. The molecular weight excluding hydrogens is 320 g/mol. The molecule has 2 heterocycles. The highest BCUT2D eigenvalue weighted by atomic mass is 16.5. The molecule has 1 aromatic rings. The summed E-state index contributed by atoms with van der Waals surface area (Å²) in [5.41, 5.74) is 1.24. The molecule has 6 nitrogen and oxygen atoms in total. The van der Waals surface area contributed by atoms with Gasteiger partial charge in [0.1, 0.15) is 6.54 Å². The van der Waals surface area contributed by atoms with E-state index < -0.39 is 0 Å². The summed E-state index contributed by atoms with van der Waals surface area (Å²) in [5, 5.41) is 0. The molecule has 138 valence electrons. The van der Waals surface area contributed by atoms with E-state index in [4.69, 9.17) is 14.2 Å². The molecule has 0 aromatic heterocycles. The number of piperidine rings is 1. The fourth-order valence-corrected chi connectivity index (χ4v) is 3.77. The van der Waals surface area contributed by atoms with Crippen LogP contribution in [0.15, 0.2) is 18.2 Å². The first-order valence-corrected chi connectivity index (χ1v) is 9.12. The molecule has 2 fully saturated rings. The number of methoxy groups -OCH3 is 2. The van der Waals surface area contributed by atoms with Crippen LogP contribution in [0.5, 0.6) is 11.5 Å². The zero-order valence-electron chi connectivity index (χ0n) is 15.3. The van der Waals surface area contributed by atoms with Gasteiger partial charge in [-0.1, -0.05) is 0 Å². The van der Waals surface area contributed by atoms with E-state index in [2.05, 4.69) is 12.1 Å². The third kappa shape index (κ3) is 4.44. The van der Waals surface area contributed by atoms with E-state index in [1.54, 1.807) is 14.2 Å². The molecule has 0 radical (unpaired) electrons. The van der Waals surface area contributed by atoms with Crippen molar-refractivity contribution in [1.29, 1.82) is 0 Å². The molecule has 1 aromatic carbocycles. The van der Waals surface area contributed by atoms with Crippen molar-refractivity contribution < 1.29 is 23.9 Å². The second kappa shape index (κ2) is 8.54. The van der Waals surface area contributed by atoms with Crippen LogP contribution in [0.1, 0.15) is 18.4 Å². The number of carbonyl (C=O) groups is 1. The monoisotopic (exact) mass is 349 g/mol. The van der Waals surface area contributed by atoms with Crippen LogP contribution in [0.4, 0.5) is 0 Å². The number of benzene rings is 1. The molecule has 6 heteroatoms. The van der Waals surface area contributed by atoms with Gasteiger partial charge in [-0.15, -0.1) is 0 Å². The van der Waals surface area contributed by atoms with Gasteiger partial charge >= 0.3 is 0 Å². The minimum atomic E-state index is 0.187. The van der Waals surface area contributed by atoms with Crippen LogP contribution < -0.4 is 14.4 Å². The van der Waals surface area contributed by atoms with Gasteiger partial charge in [-0.3, -0.25) is 4.79 Å². The topological polar surface area (TPSA) is 52.4 Å². The average Bonchev–Trinajstić information content (AvgIpc) is 2.68. The first-order chi connectivity index (χ1) is 12.2. The predicted molar refractivity (Wildman–Crippen MR) is 94.1 cm³/mol. The highest BCUT2D eigenvalue weighted by Gasteiger charge is 2.31. The third-order valence-corrected chi connectivity index (χ3v) is 5.27. The van der Waals surface area contributed by atoms with Crippen molar-refractivity contribution in [2.24, 2.45) is 5.92 Å². The van der Waals surface area contributed by atoms with Gasteiger partial charge in [0, 0.05) is 37.4 Å². The van der Waals surface area contributed by atoms with Crippen LogP contribution >= 0.6 is 0 Å². The number of nitrogens with zero attached hydrogens (tertiary/aromatic N) is 1. The van der Waals surface area contributed by atoms with Crippen molar-refractivity contribution in [3.8, 4) is 11.5 Å².